The quantitative estimate of drug-likeness (QED) is 0.782. The first-order valence-electron chi connectivity index (χ1n) is 6.11. The first-order valence-corrected chi connectivity index (χ1v) is 6.11. The van der Waals surface area contributed by atoms with Gasteiger partial charge >= 0.3 is 0 Å². The number of benzene rings is 1. The van der Waals surface area contributed by atoms with Crippen LogP contribution in [0, 0.1) is 5.82 Å². The number of pyridine rings is 1. The molecule has 0 atom stereocenters. The van der Waals surface area contributed by atoms with Crippen LogP contribution in [0.1, 0.15) is 5.56 Å². The Kier molecular flexibility index (Phi) is 3.01. The van der Waals surface area contributed by atoms with Crippen molar-refractivity contribution in [2.75, 3.05) is 6.61 Å². The van der Waals surface area contributed by atoms with E-state index in [1.807, 2.05) is 30.5 Å². The van der Waals surface area contributed by atoms with Crippen LogP contribution in [0.25, 0.3) is 16.6 Å². The van der Waals surface area contributed by atoms with Crippen molar-refractivity contribution in [3.8, 4) is 11.1 Å². The van der Waals surface area contributed by atoms with Crippen LogP contribution < -0.4 is 0 Å². The summed E-state index contributed by atoms with van der Waals surface area (Å²) in [6.45, 7) is -0.0535. The molecule has 0 fully saturated rings. The zero-order valence-corrected chi connectivity index (χ0v) is 10.3. The van der Waals surface area contributed by atoms with Gasteiger partial charge in [0.15, 0.2) is 0 Å². The standard InChI is InChI=1S/C15H13FN2O/c16-15-11(6-9-19)2-1-3-14(15)12-5-8-18-13(10-12)4-7-17-18/h1-5,7-8,10,19H,6,9H2. The van der Waals surface area contributed by atoms with Crippen molar-refractivity contribution in [3.63, 3.8) is 0 Å². The third-order valence-corrected chi connectivity index (χ3v) is 3.17. The lowest BCUT2D eigenvalue weighted by atomic mass is 10.0. The van der Waals surface area contributed by atoms with Crippen molar-refractivity contribution < 1.29 is 9.50 Å². The fourth-order valence-corrected chi connectivity index (χ4v) is 2.21. The monoisotopic (exact) mass is 256 g/mol. The second-order valence-corrected chi connectivity index (χ2v) is 4.37. The molecule has 2 heterocycles. The third kappa shape index (κ3) is 2.11. The van der Waals surface area contributed by atoms with Crippen molar-refractivity contribution >= 4 is 5.52 Å². The highest BCUT2D eigenvalue weighted by molar-refractivity contribution is 5.69. The molecule has 0 saturated carbocycles. The van der Waals surface area contributed by atoms with Crippen molar-refractivity contribution in [1.82, 2.24) is 9.61 Å². The van der Waals surface area contributed by atoms with Crippen LogP contribution in [0.3, 0.4) is 0 Å². The Morgan fingerprint density at radius 1 is 1.21 bits per heavy atom. The van der Waals surface area contributed by atoms with Gasteiger partial charge in [0.25, 0.3) is 0 Å². The summed E-state index contributed by atoms with van der Waals surface area (Å²) in [7, 11) is 0. The van der Waals surface area contributed by atoms with E-state index < -0.39 is 0 Å². The number of hydrogen-bond donors (Lipinski definition) is 1. The molecule has 0 aliphatic carbocycles. The molecule has 0 spiro atoms. The maximum Gasteiger partial charge on any atom is 0.134 e. The minimum absolute atomic E-state index is 0.0535. The number of fused-ring (bicyclic) bond motifs is 1. The van der Waals surface area contributed by atoms with Crippen LogP contribution in [0.4, 0.5) is 4.39 Å². The second kappa shape index (κ2) is 4.82. The highest BCUT2D eigenvalue weighted by Crippen LogP contribution is 2.26. The molecule has 3 rings (SSSR count). The number of rotatable bonds is 3. The van der Waals surface area contributed by atoms with Gasteiger partial charge in [-0.05, 0) is 35.7 Å². The summed E-state index contributed by atoms with van der Waals surface area (Å²) < 4.78 is 16.1. The third-order valence-electron chi connectivity index (χ3n) is 3.17. The van der Waals surface area contributed by atoms with Crippen LogP contribution in [0.5, 0.6) is 0 Å². The Balaban J connectivity index is 2.12. The molecule has 96 valence electrons. The van der Waals surface area contributed by atoms with E-state index in [2.05, 4.69) is 5.10 Å². The van der Waals surface area contributed by atoms with E-state index in [0.717, 1.165) is 11.1 Å². The van der Waals surface area contributed by atoms with E-state index in [9.17, 15) is 4.39 Å². The average molecular weight is 256 g/mol. The summed E-state index contributed by atoms with van der Waals surface area (Å²) in [5.74, 6) is -0.264. The number of hydrogen-bond acceptors (Lipinski definition) is 2. The molecule has 1 N–H and O–H groups in total. The highest BCUT2D eigenvalue weighted by Gasteiger charge is 2.10. The molecule has 1 aromatic carbocycles. The van der Waals surface area contributed by atoms with Crippen molar-refractivity contribution in [2.45, 2.75) is 6.42 Å². The molecule has 19 heavy (non-hydrogen) atoms. The van der Waals surface area contributed by atoms with E-state index in [4.69, 9.17) is 5.11 Å². The summed E-state index contributed by atoms with van der Waals surface area (Å²) in [6, 6.07) is 10.9. The van der Waals surface area contributed by atoms with Crippen LogP contribution in [-0.2, 0) is 6.42 Å². The van der Waals surface area contributed by atoms with E-state index in [-0.39, 0.29) is 12.4 Å². The Labute approximate surface area is 109 Å². The van der Waals surface area contributed by atoms with E-state index in [1.54, 1.807) is 22.8 Å². The summed E-state index contributed by atoms with van der Waals surface area (Å²) in [6.07, 6.45) is 3.84. The smallest absolute Gasteiger partial charge is 0.134 e. The zero-order valence-electron chi connectivity index (χ0n) is 10.3. The van der Waals surface area contributed by atoms with Gasteiger partial charge in [0.05, 0.1) is 5.52 Å². The molecule has 3 nitrogen and oxygen atoms in total. The van der Waals surface area contributed by atoms with Gasteiger partial charge in [0, 0.05) is 24.6 Å². The Bertz CT molecular complexity index is 721. The van der Waals surface area contributed by atoms with E-state index in [0.29, 0.717) is 17.5 Å². The molecule has 0 radical (unpaired) electrons. The van der Waals surface area contributed by atoms with Crippen LogP contribution in [-0.4, -0.2) is 21.3 Å². The van der Waals surface area contributed by atoms with Gasteiger partial charge in [-0.15, -0.1) is 0 Å². The van der Waals surface area contributed by atoms with Gasteiger partial charge in [-0.25, -0.2) is 8.91 Å². The molecule has 0 unspecified atom stereocenters. The van der Waals surface area contributed by atoms with Gasteiger partial charge in [-0.3, -0.25) is 0 Å². The van der Waals surface area contributed by atoms with Crippen molar-refractivity contribution in [3.05, 3.63) is 60.2 Å². The summed E-state index contributed by atoms with van der Waals surface area (Å²) in [5.41, 5.74) is 2.82. The maximum absolute atomic E-state index is 14.3. The van der Waals surface area contributed by atoms with Crippen LogP contribution in [0.15, 0.2) is 48.8 Å². The van der Waals surface area contributed by atoms with Crippen molar-refractivity contribution in [2.24, 2.45) is 0 Å². The first-order chi connectivity index (χ1) is 9.29. The molecule has 0 aliphatic rings. The number of aliphatic hydroxyl groups is 1. The highest BCUT2D eigenvalue weighted by atomic mass is 19.1. The molecule has 0 bridgehead atoms. The molecule has 0 saturated heterocycles. The molecular weight excluding hydrogens is 243 g/mol. The molecule has 2 aromatic heterocycles. The maximum atomic E-state index is 14.3. The first kappa shape index (κ1) is 11.9. The van der Waals surface area contributed by atoms with Gasteiger partial charge in [-0.1, -0.05) is 18.2 Å². The average Bonchev–Trinajstić information content (AvgIpc) is 2.88. The number of nitrogens with zero attached hydrogens (tertiary/aromatic N) is 2. The SMILES string of the molecule is OCCc1cccc(-c2ccn3nccc3c2)c1F. The predicted octanol–water partition coefficient (Wildman–Crippen LogP) is 2.68. The van der Waals surface area contributed by atoms with E-state index >= 15 is 0 Å². The summed E-state index contributed by atoms with van der Waals surface area (Å²) in [4.78, 5) is 0. The van der Waals surface area contributed by atoms with Crippen molar-refractivity contribution in [1.29, 1.82) is 0 Å². The lowest BCUT2D eigenvalue weighted by Crippen LogP contribution is -1.97. The fraction of sp³-hybridized carbons (Fsp3) is 0.133. The van der Waals surface area contributed by atoms with Gasteiger partial charge in [0.1, 0.15) is 5.82 Å². The molecular formula is C15H13FN2O. The van der Waals surface area contributed by atoms with Gasteiger partial charge < -0.3 is 5.11 Å². The van der Waals surface area contributed by atoms with Crippen LogP contribution in [0.2, 0.25) is 0 Å². The fourth-order valence-electron chi connectivity index (χ4n) is 2.21. The molecule has 0 aliphatic heterocycles. The predicted molar refractivity (Wildman–Crippen MR) is 71.4 cm³/mol. The van der Waals surface area contributed by atoms with Gasteiger partial charge in [-0.2, -0.15) is 5.10 Å². The Hall–Kier alpha value is -2.20. The summed E-state index contributed by atoms with van der Waals surface area (Å²) >= 11 is 0. The minimum Gasteiger partial charge on any atom is -0.396 e. The minimum atomic E-state index is -0.264. The topological polar surface area (TPSA) is 37.5 Å². The summed E-state index contributed by atoms with van der Waals surface area (Å²) in [5, 5.41) is 13.1. The Morgan fingerprint density at radius 2 is 2.11 bits per heavy atom. The van der Waals surface area contributed by atoms with E-state index in [1.165, 1.54) is 0 Å². The van der Waals surface area contributed by atoms with Gasteiger partial charge in [0.2, 0.25) is 0 Å². The molecule has 3 aromatic rings. The number of aliphatic hydroxyl groups excluding tert-OH is 1. The lowest BCUT2D eigenvalue weighted by molar-refractivity contribution is 0.298. The Morgan fingerprint density at radius 3 is 2.95 bits per heavy atom. The lowest BCUT2D eigenvalue weighted by Gasteiger charge is -2.08. The number of halogens is 1. The second-order valence-electron chi connectivity index (χ2n) is 4.37. The largest absolute Gasteiger partial charge is 0.396 e. The normalized spacial score (nSPS) is 11.1. The molecule has 4 heteroatoms. The van der Waals surface area contributed by atoms with Crippen LogP contribution >= 0.6 is 0 Å². The molecule has 0 amide bonds. The zero-order chi connectivity index (χ0) is 13.2. The number of aromatic nitrogens is 2.